The maximum Gasteiger partial charge on any atom is 0.417 e. The molecule has 0 atom stereocenters. The molecule has 0 aliphatic heterocycles. The highest BCUT2D eigenvalue weighted by Gasteiger charge is 2.44. The first-order valence-corrected chi connectivity index (χ1v) is 19.0. The molecule has 0 radical (unpaired) electrons. The number of hydrogen-bond donors (Lipinski definition) is 2. The average Bonchev–Trinajstić information content (AvgIpc) is 3.65. The SMILES string of the molecule is COc1ccc(CN(Cc2ccc(OC)cc2)S(=O)(=O)c2c(C(F)(F)F)ccc(C3CCC(C(=N)N)CC3)c2-c2nnnn2Cc2ccc(OC)cc2)cc1. The largest absolute Gasteiger partial charge is 0.497 e. The first-order chi connectivity index (χ1) is 26.3. The maximum atomic E-state index is 15.3. The van der Waals surface area contributed by atoms with E-state index in [0.29, 0.717) is 65.2 Å². The zero-order valence-corrected chi connectivity index (χ0v) is 31.4. The van der Waals surface area contributed by atoms with E-state index in [4.69, 9.17) is 25.4 Å². The fourth-order valence-corrected chi connectivity index (χ4v) is 8.82. The Morgan fingerprint density at radius 1 is 0.800 bits per heavy atom. The summed E-state index contributed by atoms with van der Waals surface area (Å²) in [4.78, 5) is -0.931. The van der Waals surface area contributed by atoms with Crippen molar-refractivity contribution in [1.82, 2.24) is 24.5 Å². The third-order valence-corrected chi connectivity index (χ3v) is 11.9. The second kappa shape index (κ2) is 16.5. The lowest BCUT2D eigenvalue weighted by Gasteiger charge is -2.31. The summed E-state index contributed by atoms with van der Waals surface area (Å²) in [6.45, 7) is -0.500. The lowest BCUT2D eigenvalue weighted by Crippen LogP contribution is -2.33. The minimum absolute atomic E-state index is 0.0278. The number of tetrazole rings is 1. The molecule has 5 aromatic rings. The van der Waals surface area contributed by atoms with Gasteiger partial charge in [0.1, 0.15) is 22.1 Å². The van der Waals surface area contributed by atoms with Crippen molar-refractivity contribution in [2.24, 2.45) is 11.7 Å². The minimum atomic E-state index is -5.08. The zero-order valence-electron chi connectivity index (χ0n) is 30.6. The van der Waals surface area contributed by atoms with Crippen molar-refractivity contribution in [2.45, 2.75) is 62.3 Å². The number of alkyl halides is 3. The van der Waals surface area contributed by atoms with Gasteiger partial charge in [0, 0.05) is 24.6 Å². The molecule has 1 fully saturated rings. The van der Waals surface area contributed by atoms with Gasteiger partial charge in [-0.15, -0.1) is 5.10 Å². The third-order valence-electron chi connectivity index (χ3n) is 9.98. The van der Waals surface area contributed by atoms with Crippen LogP contribution in [0.5, 0.6) is 17.2 Å². The van der Waals surface area contributed by atoms with Crippen LogP contribution >= 0.6 is 0 Å². The normalized spacial score (nSPS) is 16.2. The number of aromatic nitrogens is 4. The van der Waals surface area contributed by atoms with E-state index in [-0.39, 0.29) is 48.7 Å². The molecule has 55 heavy (non-hydrogen) atoms. The number of sulfonamides is 1. The zero-order chi connectivity index (χ0) is 39.3. The minimum Gasteiger partial charge on any atom is -0.497 e. The van der Waals surface area contributed by atoms with Gasteiger partial charge in [-0.1, -0.05) is 42.5 Å². The summed E-state index contributed by atoms with van der Waals surface area (Å²) in [6.07, 6.45) is -3.13. The quantitative estimate of drug-likeness (QED) is 0.0892. The predicted molar refractivity (Wildman–Crippen MR) is 199 cm³/mol. The molecule has 0 saturated heterocycles. The molecule has 1 saturated carbocycles. The summed E-state index contributed by atoms with van der Waals surface area (Å²) in [5, 5.41) is 20.2. The van der Waals surface area contributed by atoms with Gasteiger partial charge < -0.3 is 19.9 Å². The summed E-state index contributed by atoms with van der Waals surface area (Å²) in [6, 6.07) is 22.5. The van der Waals surface area contributed by atoms with E-state index in [1.807, 2.05) is 0 Å². The van der Waals surface area contributed by atoms with E-state index in [0.717, 1.165) is 10.4 Å². The molecule has 16 heteroatoms. The number of methoxy groups -OCH3 is 3. The van der Waals surface area contributed by atoms with Gasteiger partial charge in [-0.25, -0.2) is 13.1 Å². The number of halogens is 3. The van der Waals surface area contributed by atoms with Crippen LogP contribution < -0.4 is 19.9 Å². The Bertz CT molecular complexity index is 2160. The topological polar surface area (TPSA) is 159 Å². The second-order valence-electron chi connectivity index (χ2n) is 13.4. The first kappa shape index (κ1) is 39.2. The fraction of sp³-hybridized carbons (Fsp3) is 0.333. The molecule has 0 spiro atoms. The van der Waals surface area contributed by atoms with Crippen LogP contribution in [0.25, 0.3) is 11.4 Å². The van der Waals surface area contributed by atoms with Crippen LogP contribution in [-0.2, 0) is 35.8 Å². The van der Waals surface area contributed by atoms with E-state index in [1.54, 1.807) is 72.8 Å². The maximum absolute atomic E-state index is 15.3. The van der Waals surface area contributed by atoms with Gasteiger partial charge in [-0.3, -0.25) is 5.41 Å². The van der Waals surface area contributed by atoms with Crippen molar-refractivity contribution in [2.75, 3.05) is 21.3 Å². The molecule has 4 aromatic carbocycles. The van der Waals surface area contributed by atoms with Crippen LogP contribution in [0, 0.1) is 11.3 Å². The Kier molecular flexibility index (Phi) is 11.8. The van der Waals surface area contributed by atoms with E-state index in [2.05, 4.69) is 15.5 Å². The van der Waals surface area contributed by atoms with E-state index in [9.17, 15) is 0 Å². The number of nitrogens with zero attached hydrogens (tertiary/aromatic N) is 5. The van der Waals surface area contributed by atoms with Crippen molar-refractivity contribution < 1.29 is 35.8 Å². The number of nitrogens with two attached hydrogens (primary N) is 1. The Labute approximate surface area is 317 Å². The standard InChI is InChI=1S/C39H42F3N7O5S/c1-52-30-14-4-25(5-15-30)22-48(23-26-6-16-31(53-2)17-7-26)55(50,51)36-34(39(40,41)42)21-20-33(28-10-12-29(13-11-28)37(43)44)35(36)38-45-46-47-49(38)24-27-8-18-32(54-3)19-9-27/h4-9,14-21,28-29H,10-13,22-24H2,1-3H3,(H3,43,44). The first-order valence-electron chi connectivity index (χ1n) is 17.6. The van der Waals surface area contributed by atoms with E-state index in [1.165, 1.54) is 32.1 Å². The molecule has 290 valence electrons. The Morgan fingerprint density at radius 2 is 1.29 bits per heavy atom. The van der Waals surface area contributed by atoms with Crippen LogP contribution in [0.1, 0.15) is 59.4 Å². The lowest BCUT2D eigenvalue weighted by molar-refractivity contribution is -0.139. The van der Waals surface area contributed by atoms with Gasteiger partial charge in [0.15, 0.2) is 5.82 Å². The molecule has 0 amide bonds. The van der Waals surface area contributed by atoms with Gasteiger partial charge in [-0.05, 0) is 107 Å². The Morgan fingerprint density at radius 3 is 1.75 bits per heavy atom. The summed E-state index contributed by atoms with van der Waals surface area (Å²) >= 11 is 0. The Balaban J connectivity index is 1.57. The highest BCUT2D eigenvalue weighted by Crippen LogP contribution is 2.47. The van der Waals surface area contributed by atoms with Crippen molar-refractivity contribution in [1.29, 1.82) is 5.41 Å². The summed E-state index contributed by atoms with van der Waals surface area (Å²) < 4.78 is 94.7. The Hall–Kier alpha value is -5.48. The molecule has 1 aliphatic carbocycles. The molecule has 0 unspecified atom stereocenters. The van der Waals surface area contributed by atoms with Crippen LogP contribution in [0.15, 0.2) is 89.8 Å². The monoisotopic (exact) mass is 777 g/mol. The van der Waals surface area contributed by atoms with Crippen LogP contribution in [0.3, 0.4) is 0 Å². The smallest absolute Gasteiger partial charge is 0.417 e. The number of amidine groups is 1. The lowest BCUT2D eigenvalue weighted by atomic mass is 9.76. The molecular formula is C39H42F3N7O5S. The number of ether oxygens (including phenoxy) is 3. The number of nitrogens with one attached hydrogen (secondary N) is 1. The van der Waals surface area contributed by atoms with Gasteiger partial charge in [-0.2, -0.15) is 17.5 Å². The number of benzene rings is 4. The summed E-state index contributed by atoms with van der Waals surface area (Å²) in [7, 11) is -0.487. The van der Waals surface area contributed by atoms with Gasteiger partial charge >= 0.3 is 6.18 Å². The third kappa shape index (κ3) is 8.75. The molecule has 3 N–H and O–H groups in total. The summed E-state index contributed by atoms with van der Waals surface area (Å²) in [5.41, 5.74) is 6.40. The summed E-state index contributed by atoms with van der Waals surface area (Å²) in [5.74, 6) is 1.04. The van der Waals surface area contributed by atoms with Gasteiger partial charge in [0.25, 0.3) is 0 Å². The molecule has 12 nitrogen and oxygen atoms in total. The fourth-order valence-electron chi connectivity index (χ4n) is 6.99. The molecule has 6 rings (SSSR count). The van der Waals surface area contributed by atoms with Crippen LogP contribution in [0.2, 0.25) is 0 Å². The van der Waals surface area contributed by atoms with Gasteiger partial charge in [0.2, 0.25) is 10.0 Å². The second-order valence-corrected chi connectivity index (χ2v) is 15.3. The van der Waals surface area contributed by atoms with Crippen molar-refractivity contribution in [3.8, 4) is 28.6 Å². The van der Waals surface area contributed by atoms with Crippen LogP contribution in [0.4, 0.5) is 13.2 Å². The van der Waals surface area contributed by atoms with E-state index < -0.39 is 26.7 Å². The van der Waals surface area contributed by atoms with Gasteiger partial charge in [0.05, 0.1) is 39.3 Å². The molecule has 0 bridgehead atoms. The number of rotatable bonds is 14. The molecular weight excluding hydrogens is 736 g/mol. The predicted octanol–water partition coefficient (Wildman–Crippen LogP) is 7.03. The van der Waals surface area contributed by atoms with Crippen molar-refractivity contribution in [3.63, 3.8) is 0 Å². The molecule has 1 aliphatic rings. The van der Waals surface area contributed by atoms with Crippen molar-refractivity contribution in [3.05, 3.63) is 113 Å². The van der Waals surface area contributed by atoms with Crippen molar-refractivity contribution >= 4 is 15.9 Å². The molecule has 1 aromatic heterocycles. The van der Waals surface area contributed by atoms with E-state index >= 15 is 21.6 Å². The molecule has 1 heterocycles. The highest BCUT2D eigenvalue weighted by molar-refractivity contribution is 7.89. The van der Waals surface area contributed by atoms with Crippen LogP contribution in [-0.4, -0.2) is 60.1 Å². The highest BCUT2D eigenvalue weighted by atomic mass is 32.2. The average molecular weight is 778 g/mol. The number of hydrogen-bond acceptors (Lipinski definition) is 9.